The standard InChI is InChI=1S/C5H12N2O/c6-5(7)1-3-8-4-2-5/h1-4,6-7H2. The minimum Gasteiger partial charge on any atom is -0.381 e. The predicted molar refractivity (Wildman–Crippen MR) is 31.2 cm³/mol. The van der Waals surface area contributed by atoms with E-state index >= 15 is 0 Å². The Bertz CT molecular complexity index is 74.5. The monoisotopic (exact) mass is 116 g/mol. The minimum absolute atomic E-state index is 0.446. The van der Waals surface area contributed by atoms with E-state index in [1.54, 1.807) is 0 Å². The van der Waals surface area contributed by atoms with E-state index in [0.29, 0.717) is 13.2 Å². The maximum Gasteiger partial charge on any atom is 0.0681 e. The van der Waals surface area contributed by atoms with Gasteiger partial charge in [0, 0.05) is 26.1 Å². The first-order valence-electron chi connectivity index (χ1n) is 2.86. The summed E-state index contributed by atoms with van der Waals surface area (Å²) in [5.41, 5.74) is 10.7. The molecule has 3 heteroatoms. The first-order chi connectivity index (χ1) is 3.71. The van der Waals surface area contributed by atoms with Crippen LogP contribution in [0.5, 0.6) is 0 Å². The van der Waals surface area contributed by atoms with E-state index in [0.717, 1.165) is 12.8 Å². The van der Waals surface area contributed by atoms with Crippen molar-refractivity contribution in [2.24, 2.45) is 11.5 Å². The van der Waals surface area contributed by atoms with E-state index in [1.807, 2.05) is 0 Å². The highest BCUT2D eigenvalue weighted by atomic mass is 16.5. The molecule has 0 aromatic heterocycles. The van der Waals surface area contributed by atoms with Crippen LogP contribution in [-0.2, 0) is 4.74 Å². The smallest absolute Gasteiger partial charge is 0.0681 e. The van der Waals surface area contributed by atoms with Gasteiger partial charge in [-0.25, -0.2) is 0 Å². The van der Waals surface area contributed by atoms with Crippen LogP contribution in [0.4, 0.5) is 0 Å². The lowest BCUT2D eigenvalue weighted by Gasteiger charge is -2.28. The second-order valence-electron chi connectivity index (χ2n) is 2.35. The van der Waals surface area contributed by atoms with Crippen LogP contribution in [0.2, 0.25) is 0 Å². The third-order valence-electron chi connectivity index (χ3n) is 1.42. The van der Waals surface area contributed by atoms with Crippen LogP contribution in [0.25, 0.3) is 0 Å². The summed E-state index contributed by atoms with van der Waals surface area (Å²) in [6.07, 6.45) is 1.57. The van der Waals surface area contributed by atoms with E-state index in [4.69, 9.17) is 16.2 Å². The average molecular weight is 116 g/mol. The van der Waals surface area contributed by atoms with Crippen LogP contribution in [0.15, 0.2) is 0 Å². The van der Waals surface area contributed by atoms with E-state index in [1.165, 1.54) is 0 Å². The van der Waals surface area contributed by atoms with Gasteiger partial charge in [-0.2, -0.15) is 0 Å². The molecule has 1 aliphatic rings. The van der Waals surface area contributed by atoms with Crippen molar-refractivity contribution in [1.29, 1.82) is 0 Å². The van der Waals surface area contributed by atoms with Gasteiger partial charge in [0.25, 0.3) is 0 Å². The second kappa shape index (κ2) is 2.01. The molecule has 0 aromatic rings. The lowest BCUT2D eigenvalue weighted by atomic mass is 10.0. The molecule has 0 aromatic carbocycles. The number of ether oxygens (including phenoxy) is 1. The van der Waals surface area contributed by atoms with Crippen molar-refractivity contribution in [2.45, 2.75) is 18.5 Å². The Morgan fingerprint density at radius 3 is 1.88 bits per heavy atom. The van der Waals surface area contributed by atoms with Crippen LogP contribution in [-0.4, -0.2) is 18.9 Å². The molecule has 4 N–H and O–H groups in total. The van der Waals surface area contributed by atoms with Crippen LogP contribution in [0.1, 0.15) is 12.8 Å². The molecule has 0 radical (unpaired) electrons. The SMILES string of the molecule is NC1(N)CCOCC1. The summed E-state index contributed by atoms with van der Waals surface area (Å²) >= 11 is 0. The molecular weight excluding hydrogens is 104 g/mol. The summed E-state index contributed by atoms with van der Waals surface area (Å²) in [5, 5.41) is 0. The Kier molecular flexibility index (Phi) is 1.51. The van der Waals surface area contributed by atoms with Crippen molar-refractivity contribution < 1.29 is 4.74 Å². The highest BCUT2D eigenvalue weighted by Gasteiger charge is 2.21. The Morgan fingerprint density at radius 2 is 1.62 bits per heavy atom. The molecule has 0 amide bonds. The first kappa shape index (κ1) is 6.01. The largest absolute Gasteiger partial charge is 0.381 e. The van der Waals surface area contributed by atoms with Crippen LogP contribution in [0.3, 0.4) is 0 Å². The number of rotatable bonds is 0. The molecular formula is C5H12N2O. The Hall–Kier alpha value is -0.120. The van der Waals surface area contributed by atoms with Crippen molar-refractivity contribution in [3.63, 3.8) is 0 Å². The van der Waals surface area contributed by atoms with Gasteiger partial charge in [0.15, 0.2) is 0 Å². The van der Waals surface area contributed by atoms with Crippen molar-refractivity contribution >= 4 is 0 Å². The molecule has 0 aliphatic carbocycles. The van der Waals surface area contributed by atoms with Gasteiger partial charge < -0.3 is 16.2 Å². The van der Waals surface area contributed by atoms with Crippen molar-refractivity contribution in [3.05, 3.63) is 0 Å². The molecule has 0 bridgehead atoms. The molecule has 0 atom stereocenters. The summed E-state index contributed by atoms with van der Waals surface area (Å²) in [6.45, 7) is 1.43. The Morgan fingerprint density at radius 1 is 1.12 bits per heavy atom. The van der Waals surface area contributed by atoms with Crippen LogP contribution >= 0.6 is 0 Å². The fourth-order valence-corrected chi connectivity index (χ4v) is 0.751. The maximum atomic E-state index is 5.58. The van der Waals surface area contributed by atoms with Crippen molar-refractivity contribution in [3.8, 4) is 0 Å². The number of hydrogen-bond acceptors (Lipinski definition) is 3. The van der Waals surface area contributed by atoms with E-state index in [2.05, 4.69) is 0 Å². The summed E-state index contributed by atoms with van der Waals surface area (Å²) in [5.74, 6) is 0. The summed E-state index contributed by atoms with van der Waals surface area (Å²) < 4.78 is 5.05. The van der Waals surface area contributed by atoms with Gasteiger partial charge in [0.1, 0.15) is 0 Å². The van der Waals surface area contributed by atoms with Gasteiger partial charge in [-0.05, 0) is 0 Å². The van der Waals surface area contributed by atoms with Gasteiger partial charge in [0.2, 0.25) is 0 Å². The van der Waals surface area contributed by atoms with Gasteiger partial charge >= 0.3 is 0 Å². The zero-order chi connectivity index (χ0) is 6.04. The fraction of sp³-hybridized carbons (Fsp3) is 1.00. The van der Waals surface area contributed by atoms with Crippen molar-refractivity contribution in [1.82, 2.24) is 0 Å². The molecule has 8 heavy (non-hydrogen) atoms. The number of hydrogen-bond donors (Lipinski definition) is 2. The Balaban J connectivity index is 2.33. The topological polar surface area (TPSA) is 61.3 Å². The molecule has 1 fully saturated rings. The summed E-state index contributed by atoms with van der Waals surface area (Å²) in [6, 6.07) is 0. The van der Waals surface area contributed by atoms with Gasteiger partial charge in [-0.15, -0.1) is 0 Å². The van der Waals surface area contributed by atoms with Gasteiger partial charge in [-0.3, -0.25) is 0 Å². The quantitative estimate of drug-likeness (QED) is 0.416. The lowest BCUT2D eigenvalue weighted by molar-refractivity contribution is 0.0555. The van der Waals surface area contributed by atoms with Crippen molar-refractivity contribution in [2.75, 3.05) is 13.2 Å². The number of nitrogens with two attached hydrogens (primary N) is 2. The van der Waals surface area contributed by atoms with E-state index in [9.17, 15) is 0 Å². The summed E-state index contributed by atoms with van der Waals surface area (Å²) in [7, 11) is 0. The highest BCUT2D eigenvalue weighted by Crippen LogP contribution is 2.09. The Labute approximate surface area is 49.0 Å². The molecule has 1 rings (SSSR count). The van der Waals surface area contributed by atoms with Gasteiger partial charge in [-0.1, -0.05) is 0 Å². The predicted octanol–water partition coefficient (Wildman–Crippen LogP) is -0.590. The van der Waals surface area contributed by atoms with Gasteiger partial charge in [0.05, 0.1) is 5.66 Å². The highest BCUT2D eigenvalue weighted by molar-refractivity contribution is 4.78. The normalized spacial score (nSPS) is 27.8. The molecule has 1 heterocycles. The molecule has 0 unspecified atom stereocenters. The molecule has 0 spiro atoms. The molecule has 48 valence electrons. The van der Waals surface area contributed by atoms with E-state index in [-0.39, 0.29) is 0 Å². The molecule has 3 nitrogen and oxygen atoms in total. The maximum absolute atomic E-state index is 5.58. The first-order valence-corrected chi connectivity index (χ1v) is 2.86. The zero-order valence-corrected chi connectivity index (χ0v) is 4.89. The van der Waals surface area contributed by atoms with Crippen LogP contribution < -0.4 is 11.5 Å². The fourth-order valence-electron chi connectivity index (χ4n) is 0.751. The second-order valence-corrected chi connectivity index (χ2v) is 2.35. The molecule has 1 saturated heterocycles. The zero-order valence-electron chi connectivity index (χ0n) is 4.89. The molecule has 0 saturated carbocycles. The average Bonchev–Trinajstić information content (AvgIpc) is 1.65. The lowest BCUT2D eigenvalue weighted by Crippen LogP contribution is -2.53. The third-order valence-corrected chi connectivity index (χ3v) is 1.42. The van der Waals surface area contributed by atoms with Crippen LogP contribution in [0, 0.1) is 0 Å². The van der Waals surface area contributed by atoms with E-state index < -0.39 is 5.66 Å². The third kappa shape index (κ3) is 1.43. The summed E-state index contributed by atoms with van der Waals surface area (Å²) in [4.78, 5) is 0. The molecule has 1 aliphatic heterocycles. The minimum atomic E-state index is -0.446.